The van der Waals surface area contributed by atoms with E-state index in [0.717, 1.165) is 30.8 Å². The molecule has 116 valence electrons. The Bertz CT molecular complexity index is 485. The molecule has 1 fully saturated rings. The van der Waals surface area contributed by atoms with Gasteiger partial charge in [0.25, 0.3) is 0 Å². The largest absolute Gasteiger partial charge is 0.416 e. The lowest BCUT2D eigenvalue weighted by atomic mass is 10.1. The lowest BCUT2D eigenvalue weighted by Gasteiger charge is -2.34. The van der Waals surface area contributed by atoms with E-state index in [1.807, 2.05) is 11.8 Å². The number of hydrogen-bond acceptors (Lipinski definition) is 2. The van der Waals surface area contributed by atoms with Gasteiger partial charge in [-0.05, 0) is 31.0 Å². The number of benzene rings is 1. The minimum Gasteiger partial charge on any atom is -0.337 e. The van der Waals surface area contributed by atoms with Crippen molar-refractivity contribution >= 4 is 5.91 Å². The SMILES string of the molecule is C[C@H]1CNCCN1C(=O)CCc1ccc(C(F)(F)F)cc1. The van der Waals surface area contributed by atoms with E-state index >= 15 is 0 Å². The molecule has 0 saturated carbocycles. The molecule has 1 heterocycles. The van der Waals surface area contributed by atoms with Crippen molar-refractivity contribution in [3.63, 3.8) is 0 Å². The molecule has 1 amide bonds. The monoisotopic (exact) mass is 300 g/mol. The Morgan fingerprint density at radius 2 is 2.00 bits per heavy atom. The normalized spacial score (nSPS) is 19.6. The van der Waals surface area contributed by atoms with Crippen LogP contribution < -0.4 is 5.32 Å². The van der Waals surface area contributed by atoms with E-state index in [-0.39, 0.29) is 11.9 Å². The first-order chi connectivity index (χ1) is 9.88. The quantitative estimate of drug-likeness (QED) is 0.930. The van der Waals surface area contributed by atoms with Crippen LogP contribution in [-0.4, -0.2) is 36.5 Å². The summed E-state index contributed by atoms with van der Waals surface area (Å²) in [5.74, 6) is 0.0592. The summed E-state index contributed by atoms with van der Waals surface area (Å²) >= 11 is 0. The smallest absolute Gasteiger partial charge is 0.337 e. The van der Waals surface area contributed by atoms with Gasteiger partial charge >= 0.3 is 6.18 Å². The highest BCUT2D eigenvalue weighted by molar-refractivity contribution is 5.77. The maximum absolute atomic E-state index is 12.5. The zero-order chi connectivity index (χ0) is 15.5. The van der Waals surface area contributed by atoms with E-state index in [0.29, 0.717) is 19.4 Å². The number of nitrogens with zero attached hydrogens (tertiary/aromatic N) is 1. The number of hydrogen-bond donors (Lipinski definition) is 1. The Hall–Kier alpha value is -1.56. The number of rotatable bonds is 3. The molecule has 2 rings (SSSR count). The molecule has 1 N–H and O–H groups in total. The maximum atomic E-state index is 12.5. The fraction of sp³-hybridized carbons (Fsp3) is 0.533. The molecule has 1 aromatic carbocycles. The summed E-state index contributed by atoms with van der Waals surface area (Å²) in [6.45, 7) is 4.25. The van der Waals surface area contributed by atoms with E-state index < -0.39 is 11.7 Å². The van der Waals surface area contributed by atoms with Crippen molar-refractivity contribution < 1.29 is 18.0 Å². The van der Waals surface area contributed by atoms with Crippen LogP contribution >= 0.6 is 0 Å². The molecule has 1 atom stereocenters. The predicted molar refractivity (Wildman–Crippen MR) is 73.8 cm³/mol. The van der Waals surface area contributed by atoms with Crippen LogP contribution in [0, 0.1) is 0 Å². The fourth-order valence-electron chi connectivity index (χ4n) is 2.47. The molecular weight excluding hydrogens is 281 g/mol. The van der Waals surface area contributed by atoms with Crippen LogP contribution in [0.25, 0.3) is 0 Å². The zero-order valence-electron chi connectivity index (χ0n) is 11.9. The number of carbonyl (C=O) groups is 1. The first kappa shape index (κ1) is 15.8. The van der Waals surface area contributed by atoms with Gasteiger partial charge in [-0.3, -0.25) is 4.79 Å². The third kappa shape index (κ3) is 4.20. The second-order valence-corrected chi connectivity index (χ2v) is 5.33. The molecule has 1 saturated heterocycles. The molecule has 21 heavy (non-hydrogen) atoms. The fourth-order valence-corrected chi connectivity index (χ4v) is 2.47. The Morgan fingerprint density at radius 1 is 1.33 bits per heavy atom. The number of halogens is 3. The van der Waals surface area contributed by atoms with E-state index in [4.69, 9.17) is 0 Å². The molecule has 6 heteroatoms. The Kier molecular flexibility index (Phi) is 4.88. The van der Waals surface area contributed by atoms with Crippen molar-refractivity contribution in [2.24, 2.45) is 0 Å². The highest BCUT2D eigenvalue weighted by atomic mass is 19.4. The van der Waals surface area contributed by atoms with Gasteiger partial charge in [-0.2, -0.15) is 13.2 Å². The van der Waals surface area contributed by atoms with E-state index in [9.17, 15) is 18.0 Å². The molecule has 0 bridgehead atoms. The van der Waals surface area contributed by atoms with Gasteiger partial charge in [0.2, 0.25) is 5.91 Å². The summed E-state index contributed by atoms with van der Waals surface area (Å²) in [5, 5.41) is 3.21. The first-order valence-corrected chi connectivity index (χ1v) is 7.04. The highest BCUT2D eigenvalue weighted by Crippen LogP contribution is 2.29. The van der Waals surface area contributed by atoms with Crippen molar-refractivity contribution in [3.05, 3.63) is 35.4 Å². The van der Waals surface area contributed by atoms with Crippen molar-refractivity contribution in [2.45, 2.75) is 32.0 Å². The van der Waals surface area contributed by atoms with Crippen LogP contribution in [0.2, 0.25) is 0 Å². The maximum Gasteiger partial charge on any atom is 0.416 e. The Morgan fingerprint density at radius 3 is 2.57 bits per heavy atom. The summed E-state index contributed by atoms with van der Waals surface area (Å²) in [4.78, 5) is 14.0. The average molecular weight is 300 g/mol. The zero-order valence-corrected chi connectivity index (χ0v) is 11.9. The van der Waals surface area contributed by atoms with Gasteiger partial charge < -0.3 is 10.2 Å². The molecule has 0 unspecified atom stereocenters. The molecule has 3 nitrogen and oxygen atoms in total. The lowest BCUT2D eigenvalue weighted by Crippen LogP contribution is -2.52. The van der Waals surface area contributed by atoms with Crippen LogP contribution in [0.5, 0.6) is 0 Å². The summed E-state index contributed by atoms with van der Waals surface area (Å²) in [5.41, 5.74) is 0.0902. The molecule has 1 aliphatic heterocycles. The second-order valence-electron chi connectivity index (χ2n) is 5.33. The van der Waals surface area contributed by atoms with E-state index in [1.54, 1.807) is 0 Å². The summed E-state index contributed by atoms with van der Waals surface area (Å²) in [7, 11) is 0. The number of piperazine rings is 1. The van der Waals surface area contributed by atoms with Gasteiger partial charge in [0.05, 0.1) is 5.56 Å². The number of aryl methyl sites for hydroxylation is 1. The second kappa shape index (κ2) is 6.47. The van der Waals surface area contributed by atoms with Crippen LogP contribution in [0.1, 0.15) is 24.5 Å². The number of amides is 1. The summed E-state index contributed by atoms with van der Waals surface area (Å²) in [6, 6.07) is 5.17. The lowest BCUT2D eigenvalue weighted by molar-refractivity contribution is -0.137. The topological polar surface area (TPSA) is 32.3 Å². The van der Waals surface area contributed by atoms with Crippen molar-refractivity contribution in [1.82, 2.24) is 10.2 Å². The van der Waals surface area contributed by atoms with Gasteiger partial charge in [-0.25, -0.2) is 0 Å². The van der Waals surface area contributed by atoms with Gasteiger partial charge in [0.1, 0.15) is 0 Å². The third-order valence-electron chi connectivity index (χ3n) is 3.73. The summed E-state index contributed by atoms with van der Waals surface area (Å²) < 4.78 is 37.4. The van der Waals surface area contributed by atoms with Crippen molar-refractivity contribution in [1.29, 1.82) is 0 Å². The first-order valence-electron chi connectivity index (χ1n) is 7.04. The highest BCUT2D eigenvalue weighted by Gasteiger charge is 2.30. The Labute approximate surface area is 122 Å². The van der Waals surface area contributed by atoms with Crippen LogP contribution in [0.4, 0.5) is 13.2 Å². The minimum absolute atomic E-state index is 0.0592. The molecule has 0 aromatic heterocycles. The number of nitrogens with one attached hydrogen (secondary N) is 1. The molecular formula is C15H19F3N2O. The van der Waals surface area contributed by atoms with Gasteiger partial charge in [0.15, 0.2) is 0 Å². The van der Waals surface area contributed by atoms with Gasteiger partial charge in [0, 0.05) is 32.1 Å². The molecule has 1 aromatic rings. The Balaban J connectivity index is 1.89. The third-order valence-corrected chi connectivity index (χ3v) is 3.73. The number of alkyl halides is 3. The predicted octanol–water partition coefficient (Wildman–Crippen LogP) is 2.46. The van der Waals surface area contributed by atoms with Crippen LogP contribution in [-0.2, 0) is 17.4 Å². The molecule has 0 radical (unpaired) electrons. The minimum atomic E-state index is -4.31. The van der Waals surface area contributed by atoms with Crippen molar-refractivity contribution in [3.8, 4) is 0 Å². The van der Waals surface area contributed by atoms with Crippen molar-refractivity contribution in [2.75, 3.05) is 19.6 Å². The van der Waals surface area contributed by atoms with Gasteiger partial charge in [-0.15, -0.1) is 0 Å². The summed E-state index contributed by atoms with van der Waals surface area (Å²) in [6.07, 6.45) is -3.52. The standard InChI is InChI=1S/C15H19F3N2O/c1-11-10-19-8-9-20(11)14(21)7-4-12-2-5-13(6-3-12)15(16,17)18/h2-3,5-6,11,19H,4,7-10H2,1H3/t11-/m0/s1. The number of carbonyl (C=O) groups excluding carboxylic acids is 1. The molecule has 1 aliphatic rings. The average Bonchev–Trinajstić information content (AvgIpc) is 2.45. The van der Waals surface area contributed by atoms with Crippen LogP contribution in [0.15, 0.2) is 24.3 Å². The van der Waals surface area contributed by atoms with E-state index in [1.165, 1.54) is 12.1 Å². The van der Waals surface area contributed by atoms with Crippen LogP contribution in [0.3, 0.4) is 0 Å². The van der Waals surface area contributed by atoms with E-state index in [2.05, 4.69) is 5.32 Å². The molecule has 0 spiro atoms. The van der Waals surface area contributed by atoms with Gasteiger partial charge in [-0.1, -0.05) is 12.1 Å². The molecule has 0 aliphatic carbocycles.